The molecule has 0 unspecified atom stereocenters. The number of carbonyl (C=O) groups is 1. The van der Waals surface area contributed by atoms with Crippen molar-refractivity contribution in [2.45, 2.75) is 24.3 Å². The van der Waals surface area contributed by atoms with Gasteiger partial charge in [0.2, 0.25) is 0 Å². The maximum Gasteiger partial charge on any atom is 0.175 e. The molecule has 0 aliphatic rings. The van der Waals surface area contributed by atoms with E-state index in [-0.39, 0.29) is 4.90 Å². The van der Waals surface area contributed by atoms with Gasteiger partial charge in [0.1, 0.15) is 17.8 Å². The number of hydrogen-bond acceptors (Lipinski definition) is 4. The molecule has 0 N–H and O–H groups in total. The van der Waals surface area contributed by atoms with Crippen LogP contribution in [0.3, 0.4) is 0 Å². The summed E-state index contributed by atoms with van der Waals surface area (Å²) in [6.45, 7) is 0.661. The molecule has 1 heterocycles. The smallest absolute Gasteiger partial charge is 0.175 e. The Hall–Kier alpha value is -3.64. The van der Waals surface area contributed by atoms with Gasteiger partial charge in [0, 0.05) is 36.2 Å². The molecule has 0 saturated carbocycles. The number of benzene rings is 3. The first kappa shape index (κ1) is 22.6. The molecule has 0 bridgehead atoms. The van der Waals surface area contributed by atoms with Crippen LogP contribution in [0.25, 0.3) is 22.5 Å². The number of carbonyl (C=O) groups excluding carboxylic acids is 1. The second kappa shape index (κ2) is 9.88. The van der Waals surface area contributed by atoms with E-state index in [9.17, 15) is 13.2 Å². The van der Waals surface area contributed by atoms with E-state index >= 15 is 0 Å². The van der Waals surface area contributed by atoms with Crippen molar-refractivity contribution in [2.75, 3.05) is 6.26 Å². The van der Waals surface area contributed by atoms with Crippen molar-refractivity contribution in [3.05, 3.63) is 91.0 Å². The number of nitrogens with zero attached hydrogens (tertiary/aromatic N) is 1. The molecule has 4 aromatic rings. The number of aldehydes is 1. The van der Waals surface area contributed by atoms with E-state index in [1.807, 2.05) is 78.9 Å². The molecule has 5 nitrogen and oxygen atoms in total. The summed E-state index contributed by atoms with van der Waals surface area (Å²) in [5.41, 5.74) is 3.87. The van der Waals surface area contributed by atoms with Crippen molar-refractivity contribution in [3.63, 3.8) is 0 Å². The van der Waals surface area contributed by atoms with Crippen LogP contribution < -0.4 is 4.74 Å². The number of hydrogen-bond donors (Lipinski definition) is 0. The highest BCUT2D eigenvalue weighted by atomic mass is 32.2. The number of aromatic nitrogens is 1. The number of rotatable bonds is 9. The zero-order valence-corrected chi connectivity index (χ0v) is 19.2. The summed E-state index contributed by atoms with van der Waals surface area (Å²) in [4.78, 5) is 11.2. The minimum atomic E-state index is -3.26. The quantitative estimate of drug-likeness (QED) is 0.228. The van der Waals surface area contributed by atoms with Crippen molar-refractivity contribution in [1.29, 1.82) is 0 Å². The van der Waals surface area contributed by atoms with Gasteiger partial charge in [-0.2, -0.15) is 0 Å². The van der Waals surface area contributed by atoms with Crippen LogP contribution in [0.4, 0.5) is 0 Å². The molecular weight excluding hydrogens is 434 g/mol. The Morgan fingerprint density at radius 2 is 1.45 bits per heavy atom. The predicted molar refractivity (Wildman–Crippen MR) is 130 cm³/mol. The highest BCUT2D eigenvalue weighted by Crippen LogP contribution is 2.33. The Balaban J connectivity index is 1.71. The second-order valence-corrected chi connectivity index (χ2v) is 9.82. The van der Waals surface area contributed by atoms with E-state index in [1.165, 1.54) is 6.26 Å². The van der Waals surface area contributed by atoms with Crippen molar-refractivity contribution in [1.82, 2.24) is 4.57 Å². The lowest BCUT2D eigenvalue weighted by Gasteiger charge is -2.15. The first-order valence-corrected chi connectivity index (χ1v) is 12.6. The number of sulfone groups is 1. The van der Waals surface area contributed by atoms with Crippen LogP contribution in [-0.4, -0.2) is 25.5 Å². The predicted octanol–water partition coefficient (Wildman–Crippen LogP) is 6.00. The molecule has 33 heavy (non-hydrogen) atoms. The third-order valence-corrected chi connectivity index (χ3v) is 6.50. The molecule has 3 aromatic carbocycles. The van der Waals surface area contributed by atoms with Crippen molar-refractivity contribution >= 4 is 16.1 Å². The normalized spacial score (nSPS) is 11.3. The van der Waals surface area contributed by atoms with Gasteiger partial charge >= 0.3 is 0 Å². The molecule has 0 aliphatic heterocycles. The highest BCUT2D eigenvalue weighted by molar-refractivity contribution is 7.90. The molecule has 0 fully saturated rings. The zero-order chi connectivity index (χ0) is 23.3. The van der Waals surface area contributed by atoms with Crippen LogP contribution in [0.15, 0.2) is 95.9 Å². The molecule has 0 amide bonds. The fourth-order valence-electron chi connectivity index (χ4n) is 3.76. The van der Waals surface area contributed by atoms with E-state index in [2.05, 4.69) is 4.57 Å². The third-order valence-electron chi connectivity index (χ3n) is 5.37. The van der Waals surface area contributed by atoms with Crippen LogP contribution in [0.2, 0.25) is 0 Å². The fraction of sp³-hybridized carbons (Fsp3) is 0.148. The van der Waals surface area contributed by atoms with Gasteiger partial charge in [-0.15, -0.1) is 0 Å². The van der Waals surface area contributed by atoms with Gasteiger partial charge in [-0.25, -0.2) is 8.42 Å². The first-order chi connectivity index (χ1) is 16.0. The average Bonchev–Trinajstić information content (AvgIpc) is 3.23. The van der Waals surface area contributed by atoms with Gasteiger partial charge in [-0.05, 0) is 60.5 Å². The van der Waals surface area contributed by atoms with Gasteiger partial charge in [-0.3, -0.25) is 0 Å². The van der Waals surface area contributed by atoms with Crippen molar-refractivity contribution in [2.24, 2.45) is 0 Å². The summed E-state index contributed by atoms with van der Waals surface area (Å²) in [6.07, 6.45) is 3.31. The minimum Gasteiger partial charge on any atom is -0.457 e. The topological polar surface area (TPSA) is 65.4 Å². The monoisotopic (exact) mass is 459 g/mol. The van der Waals surface area contributed by atoms with Crippen molar-refractivity contribution < 1.29 is 17.9 Å². The second-order valence-electron chi connectivity index (χ2n) is 7.80. The van der Waals surface area contributed by atoms with Crippen molar-refractivity contribution in [3.8, 4) is 34.0 Å². The average molecular weight is 460 g/mol. The van der Waals surface area contributed by atoms with E-state index in [1.54, 1.807) is 12.1 Å². The fourth-order valence-corrected chi connectivity index (χ4v) is 4.39. The Morgan fingerprint density at radius 3 is 2.12 bits per heavy atom. The Bertz CT molecular complexity index is 1340. The molecule has 168 valence electrons. The molecule has 4 rings (SSSR count). The summed E-state index contributed by atoms with van der Waals surface area (Å²) in [5.74, 6) is 1.50. The Kier molecular flexibility index (Phi) is 6.75. The first-order valence-electron chi connectivity index (χ1n) is 10.7. The molecule has 0 atom stereocenters. The molecule has 0 saturated heterocycles. The van der Waals surface area contributed by atoms with Gasteiger partial charge in [0.05, 0.1) is 4.90 Å². The lowest BCUT2D eigenvalue weighted by atomic mass is 10.1. The number of ether oxygens (including phenoxy) is 1. The Labute approximate surface area is 194 Å². The minimum absolute atomic E-state index is 0.288. The van der Waals surface area contributed by atoms with Gasteiger partial charge in [-0.1, -0.05) is 42.5 Å². The summed E-state index contributed by atoms with van der Waals surface area (Å²) in [6, 6.07) is 28.5. The standard InChI is InChI=1S/C27H25NO4S/c1-33(30,31)25-14-12-21(13-15-25)26-16-17-27(28(26)18-5-6-19-29)22-8-7-11-24(20-22)32-23-9-3-2-4-10-23/h2-4,7-17,19-20H,5-6,18H2,1H3. The maximum absolute atomic E-state index is 11.8. The molecule has 6 heteroatoms. The largest absolute Gasteiger partial charge is 0.457 e. The summed E-state index contributed by atoms with van der Waals surface area (Å²) in [7, 11) is -3.26. The summed E-state index contributed by atoms with van der Waals surface area (Å²) < 4.78 is 31.8. The van der Waals surface area contributed by atoms with E-state index in [0.717, 1.165) is 40.3 Å². The Morgan fingerprint density at radius 1 is 0.788 bits per heavy atom. The number of para-hydroxylation sites is 1. The molecule has 0 radical (unpaired) electrons. The van der Waals surface area contributed by atoms with Crippen LogP contribution in [0.1, 0.15) is 12.8 Å². The van der Waals surface area contributed by atoms with Gasteiger partial charge < -0.3 is 14.1 Å². The van der Waals surface area contributed by atoms with Gasteiger partial charge in [0.25, 0.3) is 0 Å². The molecule has 0 spiro atoms. The summed E-state index contributed by atoms with van der Waals surface area (Å²) >= 11 is 0. The maximum atomic E-state index is 11.8. The molecular formula is C27H25NO4S. The SMILES string of the molecule is CS(=O)(=O)c1ccc(-c2ccc(-c3cccc(Oc4ccccc4)c3)n2CCCC=O)cc1. The number of unbranched alkanes of at least 4 members (excludes halogenated alkanes) is 1. The van der Waals surface area contributed by atoms with E-state index in [0.29, 0.717) is 19.4 Å². The summed E-state index contributed by atoms with van der Waals surface area (Å²) in [5, 5.41) is 0. The molecule has 1 aromatic heterocycles. The highest BCUT2D eigenvalue weighted by Gasteiger charge is 2.14. The van der Waals surface area contributed by atoms with Crippen LogP contribution in [0, 0.1) is 0 Å². The molecule has 0 aliphatic carbocycles. The van der Waals surface area contributed by atoms with Gasteiger partial charge in [0.15, 0.2) is 9.84 Å². The lowest BCUT2D eigenvalue weighted by Crippen LogP contribution is -2.03. The van der Waals surface area contributed by atoms with Crippen LogP contribution in [0.5, 0.6) is 11.5 Å². The zero-order valence-electron chi connectivity index (χ0n) is 18.3. The van der Waals surface area contributed by atoms with E-state index < -0.39 is 9.84 Å². The van der Waals surface area contributed by atoms with Crippen LogP contribution >= 0.6 is 0 Å². The lowest BCUT2D eigenvalue weighted by molar-refractivity contribution is -0.107. The third kappa shape index (κ3) is 5.41. The van der Waals surface area contributed by atoms with Crippen LogP contribution in [-0.2, 0) is 21.2 Å². The van der Waals surface area contributed by atoms with E-state index in [4.69, 9.17) is 4.74 Å².